The third kappa shape index (κ3) is 11.2. The van der Waals surface area contributed by atoms with Crippen molar-refractivity contribution < 1.29 is 83.1 Å². The second kappa shape index (κ2) is 20.1. The minimum absolute atomic E-state index is 0.0572. The number of ether oxygens (including phenoxy) is 3. The first-order chi connectivity index (χ1) is 32.5. The van der Waals surface area contributed by atoms with Gasteiger partial charge < -0.3 is 40.4 Å². The Balaban J connectivity index is 1.44. The number of nitrogens with two attached hydrogens (primary N) is 1. The molecule has 362 valence electrons. The maximum absolute atomic E-state index is 13.6. The maximum Gasteiger partial charge on any atom is 0.338 e. The van der Waals surface area contributed by atoms with E-state index in [-0.39, 0.29) is 64.0 Å². The molecular formula is C38H33N9O19S3. The monoisotopic (exact) mass is 1020 g/mol. The van der Waals surface area contributed by atoms with Crippen molar-refractivity contribution in [1.29, 1.82) is 0 Å². The number of aromatic nitrogens is 2. The number of nitrogens with zero attached hydrogens (tertiary/aromatic N) is 7. The number of H-pyrrole nitrogens is 1. The normalized spacial score (nSPS) is 12.4. The molecule has 1 heterocycles. The minimum Gasteiger partial charge on any atom is -0.505 e. The van der Waals surface area contributed by atoms with Crippen molar-refractivity contribution in [2.24, 2.45) is 36.4 Å². The number of phenols is 1. The number of primary amides is 1. The highest BCUT2D eigenvalue weighted by molar-refractivity contribution is 7.86. The van der Waals surface area contributed by atoms with Gasteiger partial charge in [-0.05, 0) is 60.0 Å². The van der Waals surface area contributed by atoms with Crippen LogP contribution in [0.15, 0.2) is 123 Å². The molecule has 69 heavy (non-hydrogen) atoms. The Bertz CT molecular complexity index is 3560. The summed E-state index contributed by atoms with van der Waals surface area (Å²) >= 11 is 0. The summed E-state index contributed by atoms with van der Waals surface area (Å²) in [6, 6.07) is 12.2. The highest BCUT2D eigenvalue weighted by Crippen LogP contribution is 2.45. The van der Waals surface area contributed by atoms with Crippen molar-refractivity contribution in [3.63, 3.8) is 0 Å². The molecule has 0 fully saturated rings. The molecule has 6 aromatic rings. The van der Waals surface area contributed by atoms with Gasteiger partial charge in [0.15, 0.2) is 17.1 Å². The lowest BCUT2D eigenvalue weighted by molar-refractivity contribution is 0.0697. The quantitative estimate of drug-likeness (QED) is 0.0396. The molecule has 31 heteroatoms. The Labute approximate surface area is 386 Å². The first kappa shape index (κ1) is 50.4. The van der Waals surface area contributed by atoms with Crippen LogP contribution in [0.1, 0.15) is 20.8 Å². The standard InChI is InChI=1S/C38H33N9O19S3/c1-64-20-3-6-25(30(14-20)68(58,59)60)41-42-26-16-29(66-11-9-49)27(17-28(26)65-10-8-48)43-44-32-31(69(61,62)63)13-18-12-19(2-5-22(18)35(32)50)47-37(52)34(33(46-47)36(39)51)45-40-24-7-4-21(67(55,56)57)15-23(24)38(53)54/h2-7,12-17,46,48-50H,8-11H2,1H3,(H2,39,51)(H,53,54)(H,55,56,57)(H,58,59,60)(H,61,62,63). The number of hydrogen-bond acceptors (Lipinski definition) is 21. The number of carboxylic acid groups (broad SMARTS) is 1. The molecule has 5 aromatic carbocycles. The van der Waals surface area contributed by atoms with Crippen LogP contribution in [0.3, 0.4) is 0 Å². The van der Waals surface area contributed by atoms with Crippen LogP contribution in [0.25, 0.3) is 16.5 Å². The number of amides is 1. The first-order valence-corrected chi connectivity index (χ1v) is 23.1. The van der Waals surface area contributed by atoms with E-state index in [0.717, 1.165) is 48.5 Å². The minimum atomic E-state index is -5.29. The molecule has 0 spiro atoms. The van der Waals surface area contributed by atoms with Gasteiger partial charge in [0.1, 0.15) is 68.7 Å². The Morgan fingerprint density at radius 3 is 1.80 bits per heavy atom. The molecule has 28 nitrogen and oxygen atoms in total. The van der Waals surface area contributed by atoms with Gasteiger partial charge in [0.25, 0.3) is 41.8 Å². The second-order valence-corrected chi connectivity index (χ2v) is 17.8. The van der Waals surface area contributed by atoms with E-state index in [0.29, 0.717) is 10.7 Å². The fraction of sp³-hybridized carbons (Fsp3) is 0.132. The summed E-state index contributed by atoms with van der Waals surface area (Å²) in [5, 5.41) is 65.2. The highest BCUT2D eigenvalue weighted by Gasteiger charge is 2.26. The number of aromatic hydroxyl groups is 1. The molecule has 1 aromatic heterocycles. The molecule has 0 aliphatic rings. The topological polar surface area (TPSA) is 444 Å². The number of carbonyl (C=O) groups is 2. The van der Waals surface area contributed by atoms with E-state index >= 15 is 0 Å². The maximum atomic E-state index is 13.6. The van der Waals surface area contributed by atoms with Crippen molar-refractivity contribution in [3.05, 3.63) is 94.4 Å². The summed E-state index contributed by atoms with van der Waals surface area (Å²) in [6.07, 6.45) is 0. The molecule has 0 saturated carbocycles. The summed E-state index contributed by atoms with van der Waals surface area (Å²) in [7, 11) is -13.7. The smallest absolute Gasteiger partial charge is 0.338 e. The van der Waals surface area contributed by atoms with Crippen LogP contribution in [-0.4, -0.2) is 115 Å². The van der Waals surface area contributed by atoms with E-state index in [4.69, 9.17) is 19.9 Å². The predicted molar refractivity (Wildman–Crippen MR) is 234 cm³/mol. The Morgan fingerprint density at radius 2 is 1.25 bits per heavy atom. The van der Waals surface area contributed by atoms with Gasteiger partial charge in [-0.2, -0.15) is 25.3 Å². The number of rotatable bonds is 19. The van der Waals surface area contributed by atoms with Crippen LogP contribution in [0.4, 0.5) is 34.1 Å². The van der Waals surface area contributed by atoms with E-state index in [2.05, 4.69) is 35.8 Å². The molecule has 0 atom stereocenters. The van der Waals surface area contributed by atoms with Gasteiger partial charge in [-0.1, -0.05) is 0 Å². The van der Waals surface area contributed by atoms with Crippen LogP contribution >= 0.6 is 0 Å². The number of aliphatic hydroxyl groups is 2. The number of benzene rings is 5. The van der Waals surface area contributed by atoms with Gasteiger partial charge in [-0.3, -0.25) is 28.3 Å². The van der Waals surface area contributed by atoms with Gasteiger partial charge >= 0.3 is 5.97 Å². The van der Waals surface area contributed by atoms with Crippen LogP contribution < -0.4 is 25.5 Å². The van der Waals surface area contributed by atoms with Crippen LogP contribution in [0.5, 0.6) is 23.0 Å². The number of aliphatic hydroxyl groups excluding tert-OH is 2. The average molecular weight is 1020 g/mol. The van der Waals surface area contributed by atoms with Gasteiger partial charge in [0.2, 0.25) is 0 Å². The summed E-state index contributed by atoms with van der Waals surface area (Å²) in [4.78, 5) is 35.3. The lowest BCUT2D eigenvalue weighted by Crippen LogP contribution is -2.14. The van der Waals surface area contributed by atoms with E-state index in [9.17, 15) is 73.7 Å². The molecule has 6 rings (SSSR count). The molecule has 0 saturated heterocycles. The summed E-state index contributed by atoms with van der Waals surface area (Å²) in [5.74, 6) is -4.27. The summed E-state index contributed by atoms with van der Waals surface area (Å²) in [6.45, 7) is -1.82. The lowest BCUT2D eigenvalue weighted by atomic mass is 10.1. The van der Waals surface area contributed by atoms with Gasteiger partial charge in [-0.25, -0.2) is 9.48 Å². The first-order valence-electron chi connectivity index (χ1n) is 18.8. The van der Waals surface area contributed by atoms with Crippen molar-refractivity contribution in [1.82, 2.24) is 9.78 Å². The Hall–Kier alpha value is -8.04. The Kier molecular flexibility index (Phi) is 14.6. The van der Waals surface area contributed by atoms with Gasteiger partial charge in [0.05, 0.1) is 36.5 Å². The molecule has 0 bridgehead atoms. The SMILES string of the molecule is COc1ccc(N=Nc2cc(OCCO)c(N=Nc3c(S(=O)(=O)O)cc4cc(-n5[nH]c(C(N)=O)c(N=Nc6ccc(S(=O)(=O)O)cc6C(=O)O)c5=O)ccc4c3O)cc2OCCO)c(S(=O)(=O)O)c1. The summed E-state index contributed by atoms with van der Waals surface area (Å²) < 4.78 is 119. The third-order valence-corrected chi connectivity index (χ3v) is 11.7. The zero-order chi connectivity index (χ0) is 50.6. The zero-order valence-corrected chi connectivity index (χ0v) is 37.2. The second-order valence-electron chi connectivity index (χ2n) is 13.6. The number of methoxy groups -OCH3 is 1. The van der Waals surface area contributed by atoms with E-state index in [1.807, 2.05) is 0 Å². The zero-order valence-electron chi connectivity index (χ0n) is 34.7. The number of aromatic carboxylic acids is 1. The van der Waals surface area contributed by atoms with E-state index in [1.54, 1.807) is 0 Å². The van der Waals surface area contributed by atoms with Crippen molar-refractivity contribution in [3.8, 4) is 28.7 Å². The number of phenolic OH excluding ortho intramolecular Hbond substituents is 1. The molecule has 0 unspecified atom stereocenters. The number of carboxylic acids is 1. The molecule has 0 aliphatic carbocycles. The number of hydrogen-bond donors (Lipinski definition) is 9. The molecular weight excluding hydrogens is 983 g/mol. The predicted octanol–water partition coefficient (Wildman–Crippen LogP) is 4.56. The molecule has 0 aliphatic heterocycles. The third-order valence-electron chi connectivity index (χ3n) is 9.14. The molecule has 0 radical (unpaired) electrons. The van der Waals surface area contributed by atoms with E-state index < -0.39 is 110 Å². The van der Waals surface area contributed by atoms with Crippen molar-refractivity contribution in [2.75, 3.05) is 33.5 Å². The number of carbonyl (C=O) groups excluding carboxylic acids is 1. The van der Waals surface area contributed by atoms with Gasteiger partial charge in [-0.15, -0.1) is 30.7 Å². The largest absolute Gasteiger partial charge is 0.505 e. The number of nitrogens with one attached hydrogen (secondary N) is 1. The number of aromatic amines is 1. The number of azo groups is 3. The highest BCUT2D eigenvalue weighted by atomic mass is 32.2. The average Bonchev–Trinajstić information content (AvgIpc) is 3.63. The Morgan fingerprint density at radius 1 is 0.681 bits per heavy atom. The molecule has 10 N–H and O–H groups in total. The van der Waals surface area contributed by atoms with Crippen LogP contribution in [0.2, 0.25) is 0 Å². The van der Waals surface area contributed by atoms with Crippen molar-refractivity contribution in [2.45, 2.75) is 14.7 Å². The van der Waals surface area contributed by atoms with Gasteiger partial charge in [0, 0.05) is 23.6 Å². The molecule has 1 amide bonds. The summed E-state index contributed by atoms with van der Waals surface area (Å²) in [5.41, 5.74) is -0.281. The lowest BCUT2D eigenvalue weighted by Gasteiger charge is -2.13. The fourth-order valence-corrected chi connectivity index (χ4v) is 7.85. The van der Waals surface area contributed by atoms with Crippen LogP contribution in [0, 0.1) is 0 Å². The van der Waals surface area contributed by atoms with E-state index in [1.165, 1.54) is 25.3 Å². The fourth-order valence-electron chi connectivity index (χ4n) is 6.04. The van der Waals surface area contributed by atoms with Crippen molar-refractivity contribution >= 4 is 87.1 Å². The van der Waals surface area contributed by atoms with Crippen LogP contribution in [-0.2, 0) is 30.4 Å². The number of fused-ring (bicyclic) bond motifs is 1.